The predicted octanol–water partition coefficient (Wildman–Crippen LogP) is 5.75. The van der Waals surface area contributed by atoms with Crippen LogP contribution in [0, 0.1) is 0 Å². The number of thiophene rings is 2. The molecular weight excluding hydrogens is 334 g/mol. The summed E-state index contributed by atoms with van der Waals surface area (Å²) >= 11 is 3.56. The number of rotatable bonds is 3. The molecule has 0 bridgehead atoms. The van der Waals surface area contributed by atoms with Gasteiger partial charge >= 0.3 is 0 Å². The van der Waals surface area contributed by atoms with Crippen molar-refractivity contribution < 1.29 is 0 Å². The van der Waals surface area contributed by atoms with Crippen molar-refractivity contribution in [3.63, 3.8) is 0 Å². The molecule has 0 fully saturated rings. The maximum absolute atomic E-state index is 4.72. The van der Waals surface area contributed by atoms with Crippen LogP contribution in [-0.2, 0) is 5.41 Å². The Morgan fingerprint density at radius 1 is 1.04 bits per heavy atom. The second-order valence-electron chi connectivity index (χ2n) is 6.94. The van der Waals surface area contributed by atoms with Crippen molar-refractivity contribution in [3.8, 4) is 0 Å². The lowest BCUT2D eigenvalue weighted by molar-refractivity contribution is 0.632. The normalized spacial score (nSPS) is 12.5. The predicted molar refractivity (Wildman–Crippen MR) is 103 cm³/mol. The molecule has 4 aromatic rings. The Labute approximate surface area is 149 Å². The van der Waals surface area contributed by atoms with Gasteiger partial charge in [0.1, 0.15) is 5.52 Å². The first kappa shape index (κ1) is 15.7. The SMILES string of the molecule is CC(C)c1cc2sc(C(C)(C)c3cc4sccc4cn3)cc2nn1. The Bertz CT molecular complexity index is 1030. The number of hydrogen-bond donors (Lipinski definition) is 0. The highest BCUT2D eigenvalue weighted by atomic mass is 32.1. The molecule has 0 aliphatic carbocycles. The largest absolute Gasteiger partial charge is 0.260 e. The van der Waals surface area contributed by atoms with Crippen LogP contribution in [-0.4, -0.2) is 15.2 Å². The van der Waals surface area contributed by atoms with Gasteiger partial charge in [0.25, 0.3) is 0 Å². The zero-order valence-corrected chi connectivity index (χ0v) is 15.8. The molecule has 4 heterocycles. The zero-order chi connectivity index (χ0) is 16.9. The van der Waals surface area contributed by atoms with E-state index in [1.54, 1.807) is 22.7 Å². The molecule has 0 spiro atoms. The molecule has 4 rings (SSSR count). The third-order valence-corrected chi connectivity index (χ3v) is 6.75. The molecule has 0 amide bonds. The summed E-state index contributed by atoms with van der Waals surface area (Å²) in [6, 6.07) is 8.67. The smallest absolute Gasteiger partial charge is 0.104 e. The van der Waals surface area contributed by atoms with E-state index in [0.29, 0.717) is 5.92 Å². The summed E-state index contributed by atoms with van der Waals surface area (Å²) in [5, 5.41) is 12.1. The van der Waals surface area contributed by atoms with Crippen molar-refractivity contribution in [1.29, 1.82) is 0 Å². The lowest BCUT2D eigenvalue weighted by Crippen LogP contribution is -2.18. The first-order valence-electron chi connectivity index (χ1n) is 8.06. The molecular formula is C19H19N3S2. The van der Waals surface area contributed by atoms with E-state index in [4.69, 9.17) is 4.98 Å². The number of pyridine rings is 1. The third kappa shape index (κ3) is 2.52. The minimum Gasteiger partial charge on any atom is -0.260 e. The highest BCUT2D eigenvalue weighted by Crippen LogP contribution is 2.39. The van der Waals surface area contributed by atoms with Gasteiger partial charge in [-0.2, -0.15) is 5.10 Å². The van der Waals surface area contributed by atoms with Crippen LogP contribution in [0.1, 0.15) is 49.9 Å². The molecule has 4 aromatic heterocycles. The Hall–Kier alpha value is -1.85. The number of nitrogens with zero attached hydrogens (tertiary/aromatic N) is 3. The minimum absolute atomic E-state index is 0.151. The van der Waals surface area contributed by atoms with Crippen LogP contribution in [0.4, 0.5) is 0 Å². The van der Waals surface area contributed by atoms with Crippen LogP contribution in [0.2, 0.25) is 0 Å². The molecule has 0 aromatic carbocycles. The molecule has 24 heavy (non-hydrogen) atoms. The maximum Gasteiger partial charge on any atom is 0.104 e. The van der Waals surface area contributed by atoms with E-state index in [0.717, 1.165) is 16.9 Å². The van der Waals surface area contributed by atoms with Crippen molar-refractivity contribution in [2.45, 2.75) is 39.0 Å². The average Bonchev–Trinajstić information content (AvgIpc) is 3.19. The van der Waals surface area contributed by atoms with Gasteiger partial charge in [-0.15, -0.1) is 27.8 Å². The monoisotopic (exact) mass is 353 g/mol. The van der Waals surface area contributed by atoms with E-state index in [1.165, 1.54) is 19.7 Å². The summed E-state index contributed by atoms with van der Waals surface area (Å²) < 4.78 is 2.49. The summed E-state index contributed by atoms with van der Waals surface area (Å²) in [7, 11) is 0. The standard InChI is InChI=1S/C19H19N3S2/c1-11(2)13-7-16-14(22-21-13)8-18(24-16)19(3,4)17-9-15-12(10-20-17)5-6-23-15/h5-11H,1-4H3. The van der Waals surface area contributed by atoms with Gasteiger partial charge in [-0.05, 0) is 49.4 Å². The summed E-state index contributed by atoms with van der Waals surface area (Å²) in [6.07, 6.45) is 1.98. The van der Waals surface area contributed by atoms with Crippen LogP contribution in [0.5, 0.6) is 0 Å². The van der Waals surface area contributed by atoms with Crippen molar-refractivity contribution >= 4 is 43.0 Å². The third-order valence-electron chi connectivity index (χ3n) is 4.48. The van der Waals surface area contributed by atoms with Gasteiger partial charge in [0.2, 0.25) is 0 Å². The van der Waals surface area contributed by atoms with Gasteiger partial charge < -0.3 is 0 Å². The molecule has 0 N–H and O–H groups in total. The van der Waals surface area contributed by atoms with E-state index in [2.05, 4.69) is 67.5 Å². The highest BCUT2D eigenvalue weighted by molar-refractivity contribution is 7.19. The fourth-order valence-corrected chi connectivity index (χ4v) is 4.71. The number of aromatic nitrogens is 3. The lowest BCUT2D eigenvalue weighted by atomic mass is 9.87. The van der Waals surface area contributed by atoms with Gasteiger partial charge in [0.05, 0.1) is 16.1 Å². The fourth-order valence-electron chi connectivity index (χ4n) is 2.77. The van der Waals surface area contributed by atoms with Crippen LogP contribution < -0.4 is 0 Å². The molecule has 0 radical (unpaired) electrons. The van der Waals surface area contributed by atoms with Crippen molar-refractivity contribution in [2.24, 2.45) is 0 Å². The van der Waals surface area contributed by atoms with Gasteiger partial charge in [-0.3, -0.25) is 4.98 Å². The Balaban J connectivity index is 1.81. The summed E-state index contributed by atoms with van der Waals surface area (Å²) in [5.74, 6) is 0.392. The van der Waals surface area contributed by atoms with Crippen LogP contribution in [0.15, 0.2) is 35.8 Å². The first-order valence-corrected chi connectivity index (χ1v) is 9.76. The van der Waals surface area contributed by atoms with Crippen molar-refractivity contribution in [1.82, 2.24) is 15.2 Å². The van der Waals surface area contributed by atoms with Gasteiger partial charge in [0.15, 0.2) is 0 Å². The molecule has 0 atom stereocenters. The molecule has 0 saturated heterocycles. The van der Waals surface area contributed by atoms with E-state index in [-0.39, 0.29) is 5.41 Å². The van der Waals surface area contributed by atoms with Crippen LogP contribution in [0.3, 0.4) is 0 Å². The molecule has 0 unspecified atom stereocenters. The quantitative estimate of drug-likeness (QED) is 0.471. The second kappa shape index (κ2) is 5.60. The van der Waals surface area contributed by atoms with E-state index in [9.17, 15) is 0 Å². The second-order valence-corrected chi connectivity index (χ2v) is 8.97. The van der Waals surface area contributed by atoms with Crippen molar-refractivity contribution in [2.75, 3.05) is 0 Å². The molecule has 0 saturated carbocycles. The first-order chi connectivity index (χ1) is 11.4. The van der Waals surface area contributed by atoms with E-state index >= 15 is 0 Å². The zero-order valence-electron chi connectivity index (χ0n) is 14.2. The van der Waals surface area contributed by atoms with Gasteiger partial charge in [-0.25, -0.2) is 0 Å². The number of hydrogen-bond acceptors (Lipinski definition) is 5. The summed E-state index contributed by atoms with van der Waals surface area (Å²) in [5.41, 5.74) is 2.97. The number of fused-ring (bicyclic) bond motifs is 2. The Morgan fingerprint density at radius 3 is 2.67 bits per heavy atom. The van der Waals surface area contributed by atoms with Crippen molar-refractivity contribution in [3.05, 3.63) is 52.1 Å². The minimum atomic E-state index is -0.151. The van der Waals surface area contributed by atoms with E-state index in [1.807, 2.05) is 6.20 Å². The summed E-state index contributed by atoms with van der Waals surface area (Å²) in [6.45, 7) is 8.76. The van der Waals surface area contributed by atoms with Crippen LogP contribution >= 0.6 is 22.7 Å². The van der Waals surface area contributed by atoms with E-state index < -0.39 is 0 Å². The molecule has 3 nitrogen and oxygen atoms in total. The van der Waals surface area contributed by atoms with Crippen LogP contribution in [0.25, 0.3) is 20.3 Å². The Kier molecular flexibility index (Phi) is 3.66. The lowest BCUT2D eigenvalue weighted by Gasteiger charge is -2.22. The maximum atomic E-state index is 4.72. The fraction of sp³-hybridized carbons (Fsp3) is 0.316. The highest BCUT2D eigenvalue weighted by Gasteiger charge is 2.27. The molecule has 122 valence electrons. The molecule has 0 aliphatic rings. The molecule has 0 aliphatic heterocycles. The summed E-state index contributed by atoms with van der Waals surface area (Å²) in [4.78, 5) is 5.99. The van der Waals surface area contributed by atoms with Gasteiger partial charge in [0, 0.05) is 26.6 Å². The Morgan fingerprint density at radius 2 is 1.88 bits per heavy atom. The molecule has 5 heteroatoms. The topological polar surface area (TPSA) is 38.7 Å². The van der Waals surface area contributed by atoms with Gasteiger partial charge in [-0.1, -0.05) is 13.8 Å². The average molecular weight is 354 g/mol.